The fourth-order valence-corrected chi connectivity index (χ4v) is 4.05. The smallest absolute Gasteiger partial charge is 0.410 e. The average molecular weight is 304 g/mol. The zero-order valence-electron chi connectivity index (χ0n) is 12.0. The fraction of sp³-hybridized carbons (Fsp3) is 0.500. The second-order valence-corrected chi connectivity index (χ2v) is 6.72. The Morgan fingerprint density at radius 3 is 3.00 bits per heavy atom. The minimum atomic E-state index is -0.381. The van der Waals surface area contributed by atoms with E-state index in [1.165, 1.54) is 0 Å². The third kappa shape index (κ3) is 1.95. The Kier molecular flexibility index (Phi) is 2.63. The summed E-state index contributed by atoms with van der Waals surface area (Å²) >= 11 is 1.66. The summed E-state index contributed by atoms with van der Waals surface area (Å²) in [6.45, 7) is 4.12. The van der Waals surface area contributed by atoms with Gasteiger partial charge in [0.25, 0.3) is 0 Å². The molecule has 0 saturated carbocycles. The molecule has 0 unspecified atom stereocenters. The third-order valence-corrected chi connectivity index (χ3v) is 5.05. The molecule has 6 nitrogen and oxygen atoms in total. The molecule has 4 rings (SSSR count). The second kappa shape index (κ2) is 4.30. The number of anilines is 1. The van der Waals surface area contributed by atoms with Gasteiger partial charge >= 0.3 is 6.09 Å². The molecule has 1 spiro atoms. The first kappa shape index (κ1) is 12.8. The van der Waals surface area contributed by atoms with Crippen LogP contribution in [0.5, 0.6) is 0 Å². The molecular formula is C14H16N4O2S. The number of amides is 1. The van der Waals surface area contributed by atoms with E-state index in [-0.39, 0.29) is 11.7 Å². The molecule has 0 radical (unpaired) electrons. The van der Waals surface area contributed by atoms with E-state index in [1.54, 1.807) is 23.3 Å². The molecule has 2 aliphatic heterocycles. The Bertz CT molecular complexity index is 731. The van der Waals surface area contributed by atoms with Crippen LogP contribution < -0.4 is 4.90 Å². The van der Waals surface area contributed by atoms with E-state index in [9.17, 15) is 4.79 Å². The normalized spacial score (nSPS) is 25.3. The quantitative estimate of drug-likeness (QED) is 0.807. The van der Waals surface area contributed by atoms with E-state index in [0.29, 0.717) is 13.1 Å². The number of ether oxygens (including phenoxy) is 1. The van der Waals surface area contributed by atoms with Crippen molar-refractivity contribution in [2.24, 2.45) is 0 Å². The number of carbonyl (C=O) groups excluding carboxylic acids is 1. The molecule has 2 aromatic heterocycles. The number of carbonyl (C=O) groups is 1. The fourth-order valence-electron chi connectivity index (χ4n) is 3.21. The molecule has 0 aliphatic carbocycles. The highest BCUT2D eigenvalue weighted by Gasteiger charge is 2.49. The summed E-state index contributed by atoms with van der Waals surface area (Å²) in [6, 6.07) is 2.02. The average Bonchev–Trinajstić information content (AvgIpc) is 3.10. The van der Waals surface area contributed by atoms with Crippen molar-refractivity contribution in [3.05, 3.63) is 17.3 Å². The van der Waals surface area contributed by atoms with E-state index >= 15 is 0 Å². The number of hydrogen-bond donors (Lipinski definition) is 0. The highest BCUT2D eigenvalue weighted by atomic mass is 32.1. The standard InChI is InChI=1S/C14H16N4O2S/c1-9-15-10-3-6-21-11(10)12(16-9)18-5-4-14(8-18)7-17(2)13(19)20-14/h3,6H,4-5,7-8H2,1-2H3/t14-/m1/s1. The maximum Gasteiger partial charge on any atom is 0.410 e. The van der Waals surface area contributed by atoms with E-state index < -0.39 is 0 Å². The molecule has 2 saturated heterocycles. The maximum absolute atomic E-state index is 11.7. The number of likely N-dealkylation sites (N-methyl/N-ethyl adjacent to an activating group) is 1. The molecule has 2 fully saturated rings. The van der Waals surface area contributed by atoms with Crippen molar-refractivity contribution < 1.29 is 9.53 Å². The number of aryl methyl sites for hydroxylation is 1. The van der Waals surface area contributed by atoms with Gasteiger partial charge in [-0.3, -0.25) is 0 Å². The molecular weight excluding hydrogens is 288 g/mol. The van der Waals surface area contributed by atoms with Crippen LogP contribution in [0.3, 0.4) is 0 Å². The van der Waals surface area contributed by atoms with Gasteiger partial charge in [-0.15, -0.1) is 11.3 Å². The summed E-state index contributed by atoms with van der Waals surface area (Å²) in [5.41, 5.74) is 0.609. The molecule has 2 aliphatic rings. The molecule has 0 bridgehead atoms. The number of rotatable bonds is 1. The summed E-state index contributed by atoms with van der Waals surface area (Å²) < 4.78 is 6.71. The van der Waals surface area contributed by atoms with Gasteiger partial charge in [-0.05, 0) is 18.4 Å². The zero-order chi connectivity index (χ0) is 14.6. The van der Waals surface area contributed by atoms with E-state index in [2.05, 4.69) is 14.9 Å². The summed E-state index contributed by atoms with van der Waals surface area (Å²) in [7, 11) is 1.78. The number of fused-ring (bicyclic) bond motifs is 1. The number of hydrogen-bond acceptors (Lipinski definition) is 6. The molecule has 110 valence electrons. The van der Waals surface area contributed by atoms with Gasteiger partial charge in [-0.25, -0.2) is 14.8 Å². The van der Waals surface area contributed by atoms with Crippen LogP contribution in [0.2, 0.25) is 0 Å². The van der Waals surface area contributed by atoms with Crippen LogP contribution in [0.4, 0.5) is 10.6 Å². The van der Waals surface area contributed by atoms with Crippen LogP contribution in [-0.2, 0) is 4.74 Å². The monoisotopic (exact) mass is 304 g/mol. The van der Waals surface area contributed by atoms with Crippen LogP contribution in [-0.4, -0.2) is 53.2 Å². The number of nitrogens with zero attached hydrogens (tertiary/aromatic N) is 4. The van der Waals surface area contributed by atoms with Gasteiger partial charge in [0.1, 0.15) is 11.6 Å². The molecule has 0 aromatic carbocycles. The van der Waals surface area contributed by atoms with Crippen LogP contribution >= 0.6 is 11.3 Å². The Hall–Kier alpha value is -1.89. The lowest BCUT2D eigenvalue weighted by Crippen LogP contribution is -2.37. The Morgan fingerprint density at radius 2 is 2.24 bits per heavy atom. The molecule has 7 heteroatoms. The van der Waals surface area contributed by atoms with Crippen molar-refractivity contribution >= 4 is 33.5 Å². The van der Waals surface area contributed by atoms with Gasteiger partial charge in [0.05, 0.1) is 23.3 Å². The van der Waals surface area contributed by atoms with Gasteiger partial charge in [0.15, 0.2) is 5.60 Å². The topological polar surface area (TPSA) is 58.6 Å². The summed E-state index contributed by atoms with van der Waals surface area (Å²) in [4.78, 5) is 24.6. The van der Waals surface area contributed by atoms with Gasteiger partial charge in [-0.1, -0.05) is 0 Å². The van der Waals surface area contributed by atoms with Crippen LogP contribution in [0.1, 0.15) is 12.2 Å². The van der Waals surface area contributed by atoms with Crippen molar-refractivity contribution in [3.63, 3.8) is 0 Å². The largest absolute Gasteiger partial charge is 0.439 e. The molecule has 1 amide bonds. The van der Waals surface area contributed by atoms with Crippen molar-refractivity contribution in [1.29, 1.82) is 0 Å². The van der Waals surface area contributed by atoms with Gasteiger partial charge in [-0.2, -0.15) is 0 Å². The summed E-state index contributed by atoms with van der Waals surface area (Å²) in [5, 5.41) is 2.04. The summed E-state index contributed by atoms with van der Waals surface area (Å²) in [5.74, 6) is 1.74. The van der Waals surface area contributed by atoms with Gasteiger partial charge in [0, 0.05) is 20.0 Å². The SMILES string of the molecule is Cc1nc(N2CC[C@@]3(CN(C)C(=O)O3)C2)c2sccc2n1. The molecule has 0 N–H and O–H groups in total. The third-order valence-electron chi connectivity index (χ3n) is 4.15. The predicted octanol–water partition coefficient (Wildman–Crippen LogP) is 2.03. The van der Waals surface area contributed by atoms with Crippen LogP contribution in [0.15, 0.2) is 11.4 Å². The second-order valence-electron chi connectivity index (χ2n) is 5.81. The Morgan fingerprint density at radius 1 is 1.38 bits per heavy atom. The Balaban J connectivity index is 1.69. The predicted molar refractivity (Wildman–Crippen MR) is 80.8 cm³/mol. The van der Waals surface area contributed by atoms with Crippen molar-refractivity contribution in [2.45, 2.75) is 18.9 Å². The molecule has 2 aromatic rings. The van der Waals surface area contributed by atoms with Crippen molar-refractivity contribution in [3.8, 4) is 0 Å². The highest BCUT2D eigenvalue weighted by Crippen LogP contribution is 2.37. The first-order valence-electron chi connectivity index (χ1n) is 6.97. The van der Waals surface area contributed by atoms with Gasteiger partial charge in [0.2, 0.25) is 0 Å². The van der Waals surface area contributed by atoms with Crippen molar-refractivity contribution in [2.75, 3.05) is 31.6 Å². The van der Waals surface area contributed by atoms with Crippen molar-refractivity contribution in [1.82, 2.24) is 14.9 Å². The molecule has 21 heavy (non-hydrogen) atoms. The van der Waals surface area contributed by atoms with Gasteiger partial charge < -0.3 is 14.5 Å². The minimum Gasteiger partial charge on any atom is -0.439 e. The van der Waals surface area contributed by atoms with E-state index in [4.69, 9.17) is 4.74 Å². The first-order chi connectivity index (χ1) is 10.1. The maximum atomic E-state index is 11.7. The number of aromatic nitrogens is 2. The Labute approximate surface area is 126 Å². The van der Waals surface area contributed by atoms with Crippen LogP contribution in [0.25, 0.3) is 10.2 Å². The zero-order valence-corrected chi connectivity index (χ0v) is 12.8. The highest BCUT2D eigenvalue weighted by molar-refractivity contribution is 7.17. The molecule has 1 atom stereocenters. The van der Waals surface area contributed by atoms with E-state index in [1.807, 2.05) is 18.4 Å². The number of thiophene rings is 1. The lowest BCUT2D eigenvalue weighted by molar-refractivity contribution is 0.0742. The summed E-state index contributed by atoms with van der Waals surface area (Å²) in [6.07, 6.45) is 0.621. The molecule has 4 heterocycles. The first-order valence-corrected chi connectivity index (χ1v) is 7.85. The van der Waals surface area contributed by atoms with E-state index in [0.717, 1.165) is 34.8 Å². The lowest BCUT2D eigenvalue weighted by atomic mass is 10.0. The van der Waals surface area contributed by atoms with Crippen LogP contribution in [0, 0.1) is 6.92 Å². The minimum absolute atomic E-state index is 0.225. The lowest BCUT2D eigenvalue weighted by Gasteiger charge is -2.22.